The largest absolute Gasteiger partial charge is 0.586 e. The summed E-state index contributed by atoms with van der Waals surface area (Å²) in [5.41, 5.74) is 0.529. The Bertz CT molecular complexity index is 935. The molecule has 4 rings (SSSR count). The fourth-order valence-electron chi connectivity index (χ4n) is 3.01. The Morgan fingerprint density at radius 3 is 2.78 bits per heavy atom. The summed E-state index contributed by atoms with van der Waals surface area (Å²) in [6.45, 7) is 1.73. The number of thiazole rings is 1. The number of carbonyl (C=O) groups excluding carboxylic acids is 1. The maximum atomic E-state index is 13.3. The number of methoxy groups -OCH3 is 1. The van der Waals surface area contributed by atoms with Gasteiger partial charge in [-0.05, 0) is 25.0 Å². The molecule has 0 spiro atoms. The van der Waals surface area contributed by atoms with Crippen molar-refractivity contribution in [1.82, 2.24) is 9.47 Å². The van der Waals surface area contributed by atoms with Crippen molar-refractivity contribution in [3.63, 3.8) is 0 Å². The molecule has 7 nitrogen and oxygen atoms in total. The first-order chi connectivity index (χ1) is 12.9. The summed E-state index contributed by atoms with van der Waals surface area (Å²) in [6, 6.07) is 4.13. The summed E-state index contributed by atoms with van der Waals surface area (Å²) < 4.78 is 42.3. The van der Waals surface area contributed by atoms with E-state index >= 15 is 0 Å². The molecule has 2 aromatic rings. The molecule has 27 heavy (non-hydrogen) atoms. The third kappa shape index (κ3) is 3.67. The number of nitrogens with zero attached hydrogens (tertiary/aromatic N) is 3. The Balaban J connectivity index is 1.73. The molecule has 2 aliphatic heterocycles. The van der Waals surface area contributed by atoms with Gasteiger partial charge >= 0.3 is 12.3 Å². The number of amides is 2. The smallest absolute Gasteiger partial charge is 0.395 e. The van der Waals surface area contributed by atoms with Crippen LogP contribution in [-0.4, -0.2) is 42.0 Å². The van der Waals surface area contributed by atoms with Gasteiger partial charge in [0.25, 0.3) is 0 Å². The second kappa shape index (κ2) is 6.93. The fraction of sp³-hybridized carbons (Fsp3) is 0.412. The van der Waals surface area contributed by atoms with Crippen LogP contribution >= 0.6 is 11.3 Å². The third-order valence-electron chi connectivity index (χ3n) is 4.22. The number of rotatable bonds is 3. The molecule has 0 bridgehead atoms. The van der Waals surface area contributed by atoms with E-state index in [1.54, 1.807) is 28.8 Å². The standard InChI is InChI=1S/C17H17F2N3O4S/c1-24-10-12-9-22(16(27-12)20-15(23)21-6-2-3-7-21)11-4-5-13-14(8-11)26-17(18,19)25-13/h4-5,8-9H,2-3,6-7,10H2,1H3. The van der Waals surface area contributed by atoms with Gasteiger partial charge < -0.3 is 19.1 Å². The normalized spacial score (nSPS) is 18.3. The van der Waals surface area contributed by atoms with E-state index in [1.165, 1.54) is 23.5 Å². The van der Waals surface area contributed by atoms with Crippen LogP contribution < -0.4 is 14.3 Å². The van der Waals surface area contributed by atoms with Gasteiger partial charge in [0.15, 0.2) is 16.3 Å². The molecule has 1 aromatic heterocycles. The van der Waals surface area contributed by atoms with E-state index in [9.17, 15) is 13.6 Å². The minimum absolute atomic E-state index is 0.0386. The SMILES string of the molecule is COCc1cn(-c2ccc3c(c2)OC(F)(F)O3)c(=NC(=O)N2CCCC2)s1. The molecule has 0 N–H and O–H groups in total. The highest BCUT2D eigenvalue weighted by atomic mass is 32.1. The van der Waals surface area contributed by atoms with Gasteiger partial charge in [-0.25, -0.2) is 4.79 Å². The van der Waals surface area contributed by atoms with E-state index in [0.29, 0.717) is 30.2 Å². The predicted molar refractivity (Wildman–Crippen MR) is 92.3 cm³/mol. The highest BCUT2D eigenvalue weighted by Crippen LogP contribution is 2.41. The van der Waals surface area contributed by atoms with Gasteiger partial charge in [0, 0.05) is 32.5 Å². The van der Waals surface area contributed by atoms with Crippen molar-refractivity contribution in [3.05, 3.63) is 34.1 Å². The first kappa shape index (κ1) is 17.9. The lowest BCUT2D eigenvalue weighted by molar-refractivity contribution is -0.286. The number of ether oxygens (including phenoxy) is 3. The molecular formula is C17H17F2N3O4S. The van der Waals surface area contributed by atoms with E-state index in [4.69, 9.17) is 4.74 Å². The molecule has 2 amide bonds. The molecule has 3 heterocycles. The number of halogens is 2. The fourth-order valence-corrected chi connectivity index (χ4v) is 3.96. The Labute approximate surface area is 157 Å². The first-order valence-electron chi connectivity index (χ1n) is 8.39. The number of alkyl halides is 2. The van der Waals surface area contributed by atoms with E-state index in [0.717, 1.165) is 17.7 Å². The topological polar surface area (TPSA) is 65.3 Å². The van der Waals surface area contributed by atoms with Crippen molar-refractivity contribution in [2.45, 2.75) is 25.7 Å². The summed E-state index contributed by atoms with van der Waals surface area (Å²) in [5.74, 6) is -0.107. The van der Waals surface area contributed by atoms with Crippen molar-refractivity contribution >= 4 is 17.4 Å². The molecule has 0 aliphatic carbocycles. The van der Waals surface area contributed by atoms with Gasteiger partial charge in [0.2, 0.25) is 0 Å². The van der Waals surface area contributed by atoms with Gasteiger partial charge in [0.1, 0.15) is 0 Å². The monoisotopic (exact) mass is 397 g/mol. The van der Waals surface area contributed by atoms with Gasteiger partial charge in [-0.2, -0.15) is 4.99 Å². The second-order valence-corrected chi connectivity index (χ2v) is 7.26. The molecule has 10 heteroatoms. The van der Waals surface area contributed by atoms with Gasteiger partial charge in [-0.15, -0.1) is 8.78 Å². The van der Waals surface area contributed by atoms with E-state index in [-0.39, 0.29) is 17.5 Å². The Hall–Kier alpha value is -2.46. The van der Waals surface area contributed by atoms with Crippen LogP contribution in [-0.2, 0) is 11.3 Å². The molecule has 0 radical (unpaired) electrons. The van der Waals surface area contributed by atoms with E-state index < -0.39 is 6.29 Å². The number of hydrogen-bond donors (Lipinski definition) is 0. The van der Waals surface area contributed by atoms with Crippen molar-refractivity contribution < 1.29 is 27.8 Å². The molecule has 2 aliphatic rings. The van der Waals surface area contributed by atoms with Crippen LogP contribution in [0.3, 0.4) is 0 Å². The Kier molecular flexibility index (Phi) is 4.60. The van der Waals surface area contributed by atoms with Crippen molar-refractivity contribution in [1.29, 1.82) is 0 Å². The van der Waals surface area contributed by atoms with Crippen LogP contribution in [0.1, 0.15) is 17.7 Å². The molecule has 0 unspecified atom stereocenters. The molecule has 0 atom stereocenters. The summed E-state index contributed by atoms with van der Waals surface area (Å²) in [6.07, 6.45) is 0.0222. The molecule has 0 saturated carbocycles. The zero-order valence-electron chi connectivity index (χ0n) is 14.5. The van der Waals surface area contributed by atoms with Gasteiger partial charge in [-0.3, -0.25) is 4.57 Å². The van der Waals surface area contributed by atoms with Gasteiger partial charge in [0.05, 0.1) is 17.2 Å². The minimum Gasteiger partial charge on any atom is -0.395 e. The number of aromatic nitrogens is 1. The summed E-state index contributed by atoms with van der Waals surface area (Å²) in [4.78, 5) is 19.6. The van der Waals surface area contributed by atoms with Crippen LogP contribution in [0.2, 0.25) is 0 Å². The predicted octanol–water partition coefficient (Wildman–Crippen LogP) is 3.12. The average molecular weight is 397 g/mol. The number of urea groups is 1. The number of likely N-dealkylation sites (tertiary alicyclic amines) is 1. The highest BCUT2D eigenvalue weighted by Gasteiger charge is 2.43. The van der Waals surface area contributed by atoms with E-state index in [1.807, 2.05) is 0 Å². The maximum Gasteiger partial charge on any atom is 0.586 e. The molecule has 1 fully saturated rings. The first-order valence-corrected chi connectivity index (χ1v) is 9.21. The lowest BCUT2D eigenvalue weighted by Crippen LogP contribution is -2.27. The van der Waals surface area contributed by atoms with Crippen LogP contribution in [0.25, 0.3) is 5.69 Å². The second-order valence-electron chi connectivity index (χ2n) is 6.17. The Morgan fingerprint density at radius 2 is 2.04 bits per heavy atom. The van der Waals surface area contributed by atoms with Crippen molar-refractivity contribution in [2.24, 2.45) is 4.99 Å². The zero-order chi connectivity index (χ0) is 19.0. The lowest BCUT2D eigenvalue weighted by atomic mass is 10.3. The summed E-state index contributed by atoms with van der Waals surface area (Å²) in [5, 5.41) is 0. The van der Waals surface area contributed by atoms with Crippen LogP contribution in [0.5, 0.6) is 11.5 Å². The number of fused-ring (bicyclic) bond motifs is 1. The zero-order valence-corrected chi connectivity index (χ0v) is 15.3. The highest BCUT2D eigenvalue weighted by molar-refractivity contribution is 7.09. The van der Waals surface area contributed by atoms with Gasteiger partial charge in [-0.1, -0.05) is 11.3 Å². The van der Waals surface area contributed by atoms with E-state index in [2.05, 4.69) is 14.5 Å². The molecule has 144 valence electrons. The van der Waals surface area contributed by atoms with Crippen LogP contribution in [0.15, 0.2) is 29.4 Å². The minimum atomic E-state index is -3.68. The quantitative estimate of drug-likeness (QED) is 0.798. The number of benzene rings is 1. The number of hydrogen-bond acceptors (Lipinski definition) is 5. The third-order valence-corrected chi connectivity index (χ3v) is 5.18. The van der Waals surface area contributed by atoms with Crippen molar-refractivity contribution in [3.8, 4) is 17.2 Å². The molecule has 1 saturated heterocycles. The average Bonchev–Trinajstić information content (AvgIpc) is 3.31. The molecule has 1 aromatic carbocycles. The lowest BCUT2D eigenvalue weighted by Gasteiger charge is -2.10. The summed E-state index contributed by atoms with van der Waals surface area (Å²) >= 11 is 1.30. The molecular weight excluding hydrogens is 380 g/mol. The van der Waals surface area contributed by atoms with Crippen LogP contribution in [0, 0.1) is 0 Å². The maximum absolute atomic E-state index is 13.3. The van der Waals surface area contributed by atoms with Crippen molar-refractivity contribution in [2.75, 3.05) is 20.2 Å². The number of carbonyl (C=O) groups is 1. The Morgan fingerprint density at radius 1 is 1.30 bits per heavy atom. The summed E-state index contributed by atoms with van der Waals surface area (Å²) in [7, 11) is 1.57. The van der Waals surface area contributed by atoms with Crippen LogP contribution in [0.4, 0.5) is 13.6 Å².